The van der Waals surface area contributed by atoms with E-state index in [4.69, 9.17) is 24.7 Å². The molecule has 2 aromatic carbocycles. The van der Waals surface area contributed by atoms with Gasteiger partial charge in [-0.25, -0.2) is 9.59 Å². The first kappa shape index (κ1) is 25.8. The molecule has 0 fully saturated rings. The number of carbonyl (C=O) groups excluding carboxylic acids is 3. The summed E-state index contributed by atoms with van der Waals surface area (Å²) in [5.41, 5.74) is 0.722. The van der Waals surface area contributed by atoms with Gasteiger partial charge in [-0.2, -0.15) is 0 Å². The molecule has 180 valence electrons. The van der Waals surface area contributed by atoms with Gasteiger partial charge < -0.3 is 24.6 Å². The second-order valence-electron chi connectivity index (χ2n) is 6.90. The maximum absolute atomic E-state index is 12.8. The lowest BCUT2D eigenvalue weighted by atomic mass is 10.0. The van der Waals surface area contributed by atoms with Gasteiger partial charge in [-0.15, -0.1) is 0 Å². The molecule has 1 atom stereocenters. The second kappa shape index (κ2) is 12.0. The average molecular weight is 471 g/mol. The molecule has 0 spiro atoms. The molecule has 2 aromatic rings. The summed E-state index contributed by atoms with van der Waals surface area (Å²) in [6.07, 6.45) is -0.776. The van der Waals surface area contributed by atoms with Crippen LogP contribution in [0.5, 0.6) is 11.5 Å². The van der Waals surface area contributed by atoms with E-state index in [2.05, 4.69) is 10.6 Å². The van der Waals surface area contributed by atoms with Gasteiger partial charge in [-0.3, -0.25) is 20.3 Å². The number of hydrogen-bond donors (Lipinski definition) is 4. The number of amides is 2. The smallest absolute Gasteiger partial charge is 0.412 e. The molecule has 0 radical (unpaired) electrons. The molecule has 34 heavy (non-hydrogen) atoms. The Balaban J connectivity index is 2.07. The van der Waals surface area contributed by atoms with Gasteiger partial charge >= 0.3 is 12.1 Å². The van der Waals surface area contributed by atoms with Gasteiger partial charge in [0.2, 0.25) is 0 Å². The van der Waals surface area contributed by atoms with Crippen molar-refractivity contribution in [1.29, 1.82) is 5.41 Å². The molecule has 2 rings (SSSR count). The summed E-state index contributed by atoms with van der Waals surface area (Å²) in [5.74, 6) is -1.85. The number of methoxy groups -OCH3 is 1. The third-order valence-electron chi connectivity index (χ3n) is 4.48. The van der Waals surface area contributed by atoms with Crippen LogP contribution in [0.3, 0.4) is 0 Å². The van der Waals surface area contributed by atoms with Gasteiger partial charge in [0.05, 0.1) is 25.3 Å². The summed E-state index contributed by atoms with van der Waals surface area (Å²) in [6, 6.07) is 9.26. The fourth-order valence-electron chi connectivity index (χ4n) is 2.83. The van der Waals surface area contributed by atoms with Crippen molar-refractivity contribution in [2.24, 2.45) is 0 Å². The Bertz CT molecular complexity index is 1080. The molecule has 0 bridgehead atoms. The van der Waals surface area contributed by atoms with Crippen LogP contribution in [0.25, 0.3) is 0 Å². The van der Waals surface area contributed by atoms with Gasteiger partial charge in [0.15, 0.2) is 12.4 Å². The number of amidine groups is 1. The largest absolute Gasteiger partial charge is 0.496 e. The van der Waals surface area contributed by atoms with Gasteiger partial charge in [0.1, 0.15) is 17.3 Å². The Hall–Kier alpha value is -4.41. The molecule has 0 aromatic heterocycles. The van der Waals surface area contributed by atoms with Crippen molar-refractivity contribution in [3.63, 3.8) is 0 Å². The molecule has 11 heteroatoms. The molecule has 0 aliphatic rings. The van der Waals surface area contributed by atoms with Crippen LogP contribution in [0.15, 0.2) is 42.5 Å². The Morgan fingerprint density at radius 2 is 1.71 bits per heavy atom. The fraction of sp³-hybridized carbons (Fsp3) is 0.261. The van der Waals surface area contributed by atoms with Crippen LogP contribution >= 0.6 is 0 Å². The number of carboxylic acids is 1. The van der Waals surface area contributed by atoms with E-state index in [9.17, 15) is 19.2 Å². The van der Waals surface area contributed by atoms with Crippen molar-refractivity contribution in [1.82, 2.24) is 10.6 Å². The molecule has 0 heterocycles. The quantitative estimate of drug-likeness (QED) is 0.233. The molecule has 0 aliphatic carbocycles. The van der Waals surface area contributed by atoms with Crippen molar-refractivity contribution in [3.8, 4) is 11.5 Å². The number of alkyl carbamates (subject to hydrolysis) is 1. The first-order chi connectivity index (χ1) is 16.2. The van der Waals surface area contributed by atoms with E-state index in [1.165, 1.54) is 56.5 Å². The van der Waals surface area contributed by atoms with Crippen LogP contribution in [0, 0.1) is 5.41 Å². The number of benzene rings is 2. The number of ketones is 1. The molecule has 4 N–H and O–H groups in total. The average Bonchev–Trinajstić information content (AvgIpc) is 2.82. The van der Waals surface area contributed by atoms with Gasteiger partial charge in [-0.05, 0) is 50.2 Å². The third-order valence-corrected chi connectivity index (χ3v) is 4.48. The van der Waals surface area contributed by atoms with Crippen molar-refractivity contribution in [2.75, 3.05) is 20.3 Å². The number of Topliss-reactive ketones (excluding diaryl/α,β-unsaturated/α-hetero) is 1. The number of carboxylic acid groups (broad SMARTS) is 1. The number of carbonyl (C=O) groups is 4. The molecule has 0 aliphatic heterocycles. The van der Waals surface area contributed by atoms with E-state index >= 15 is 0 Å². The summed E-state index contributed by atoms with van der Waals surface area (Å²) < 4.78 is 15.0. The number of rotatable bonds is 10. The van der Waals surface area contributed by atoms with Crippen LogP contribution < -0.4 is 20.1 Å². The highest BCUT2D eigenvalue weighted by atomic mass is 16.5. The zero-order valence-electron chi connectivity index (χ0n) is 18.8. The summed E-state index contributed by atoms with van der Waals surface area (Å²) in [6.45, 7) is 2.81. The van der Waals surface area contributed by atoms with Crippen molar-refractivity contribution < 1.29 is 38.5 Å². The zero-order valence-corrected chi connectivity index (χ0v) is 18.8. The summed E-state index contributed by atoms with van der Waals surface area (Å²) in [7, 11) is 1.35. The standard InChI is InChI=1S/C23H25N3O8/c1-4-33-23(31)26-21(24)15-7-10-17(18(11-15)32-3)22(30)25-13(2)20(29)14-5-8-16(9-6-14)34-12-19(27)28/h5-11,13H,4,12H2,1-3H3,(H,25,30)(H,27,28)(H2,24,26,31). The Morgan fingerprint density at radius 1 is 1.06 bits per heavy atom. The molecular weight excluding hydrogens is 446 g/mol. The number of ether oxygens (including phenoxy) is 3. The SMILES string of the molecule is CCOC(=O)NC(=N)c1ccc(C(=O)NC(C)C(=O)c2ccc(OCC(=O)O)cc2)c(OC)c1. The number of aliphatic carboxylic acids is 1. The zero-order chi connectivity index (χ0) is 25.3. The Morgan fingerprint density at radius 3 is 2.29 bits per heavy atom. The molecule has 1 unspecified atom stereocenters. The van der Waals surface area contributed by atoms with E-state index in [0.29, 0.717) is 11.3 Å². The van der Waals surface area contributed by atoms with Gasteiger partial charge in [-0.1, -0.05) is 6.07 Å². The van der Waals surface area contributed by atoms with Crippen LogP contribution in [0.1, 0.15) is 40.1 Å². The summed E-state index contributed by atoms with van der Waals surface area (Å²) in [4.78, 5) is 47.5. The van der Waals surface area contributed by atoms with Crippen LogP contribution in [-0.4, -0.2) is 61.1 Å². The Labute approximate surface area is 195 Å². The highest BCUT2D eigenvalue weighted by Gasteiger charge is 2.21. The van der Waals surface area contributed by atoms with Crippen molar-refractivity contribution in [2.45, 2.75) is 19.9 Å². The molecular formula is C23H25N3O8. The number of nitrogens with one attached hydrogen (secondary N) is 3. The van der Waals surface area contributed by atoms with E-state index in [1.54, 1.807) is 6.92 Å². The first-order valence-corrected chi connectivity index (χ1v) is 10.2. The van der Waals surface area contributed by atoms with Crippen LogP contribution in [0.4, 0.5) is 4.79 Å². The van der Waals surface area contributed by atoms with E-state index < -0.39 is 30.6 Å². The van der Waals surface area contributed by atoms with E-state index in [1.807, 2.05) is 0 Å². The molecule has 2 amide bonds. The maximum Gasteiger partial charge on any atom is 0.412 e. The summed E-state index contributed by atoms with van der Waals surface area (Å²) in [5, 5.41) is 21.5. The minimum atomic E-state index is -1.12. The topological polar surface area (TPSA) is 164 Å². The monoisotopic (exact) mass is 471 g/mol. The highest BCUT2D eigenvalue weighted by Crippen LogP contribution is 2.21. The lowest BCUT2D eigenvalue weighted by Crippen LogP contribution is -2.38. The third kappa shape index (κ3) is 7.05. The number of hydrogen-bond acceptors (Lipinski definition) is 8. The normalized spacial score (nSPS) is 11.0. The minimum absolute atomic E-state index is 0.132. The lowest BCUT2D eigenvalue weighted by Gasteiger charge is -2.16. The maximum atomic E-state index is 12.8. The Kier molecular flexibility index (Phi) is 9.12. The summed E-state index contributed by atoms with van der Waals surface area (Å²) >= 11 is 0. The van der Waals surface area contributed by atoms with Crippen LogP contribution in [0.2, 0.25) is 0 Å². The van der Waals surface area contributed by atoms with Crippen molar-refractivity contribution >= 4 is 29.6 Å². The molecule has 11 nitrogen and oxygen atoms in total. The van der Waals surface area contributed by atoms with E-state index in [0.717, 1.165) is 0 Å². The van der Waals surface area contributed by atoms with Gasteiger partial charge in [0, 0.05) is 11.1 Å². The fourth-order valence-corrected chi connectivity index (χ4v) is 2.83. The molecule has 0 saturated carbocycles. The van der Waals surface area contributed by atoms with E-state index in [-0.39, 0.29) is 35.1 Å². The molecule has 0 saturated heterocycles. The van der Waals surface area contributed by atoms with Crippen molar-refractivity contribution in [3.05, 3.63) is 59.2 Å². The highest BCUT2D eigenvalue weighted by molar-refractivity contribution is 6.07. The minimum Gasteiger partial charge on any atom is -0.496 e. The predicted molar refractivity (Wildman–Crippen MR) is 121 cm³/mol. The van der Waals surface area contributed by atoms with Crippen LogP contribution in [-0.2, 0) is 9.53 Å². The second-order valence-corrected chi connectivity index (χ2v) is 6.90. The lowest BCUT2D eigenvalue weighted by molar-refractivity contribution is -0.139. The van der Waals surface area contributed by atoms with Gasteiger partial charge in [0.25, 0.3) is 5.91 Å². The predicted octanol–water partition coefficient (Wildman–Crippen LogP) is 2.23. The first-order valence-electron chi connectivity index (χ1n) is 10.2.